The first-order chi connectivity index (χ1) is 7.56. The topological polar surface area (TPSA) is 52.4 Å². The van der Waals surface area contributed by atoms with Crippen molar-refractivity contribution >= 4 is 53.5 Å². The van der Waals surface area contributed by atoms with Gasteiger partial charge in [0.2, 0.25) is 0 Å². The van der Waals surface area contributed by atoms with E-state index in [1.807, 2.05) is 0 Å². The predicted molar refractivity (Wildman–Crippen MR) is 72.4 cm³/mol. The molecule has 4 nitrogen and oxygen atoms in total. The van der Waals surface area contributed by atoms with Crippen LogP contribution in [0.4, 0.5) is 5.69 Å². The van der Waals surface area contributed by atoms with Crippen LogP contribution in [0.5, 0.6) is 5.75 Å². The quantitative estimate of drug-likeness (QED) is 0.311. The van der Waals surface area contributed by atoms with Gasteiger partial charge in [0.05, 0.1) is 20.5 Å². The Morgan fingerprint density at radius 2 is 1.88 bits per heavy atom. The molecule has 0 fully saturated rings. The number of hydrogen-bond donors (Lipinski definition) is 0. The van der Waals surface area contributed by atoms with E-state index in [0.29, 0.717) is 21.3 Å². The van der Waals surface area contributed by atoms with Gasteiger partial charge < -0.3 is 4.74 Å². The van der Waals surface area contributed by atoms with E-state index in [-0.39, 0.29) is 5.69 Å². The number of nitro benzene ring substituents is 1. The van der Waals surface area contributed by atoms with Gasteiger partial charge in [0.25, 0.3) is 5.69 Å². The Hall–Kier alpha value is -0.140. The molecule has 1 aromatic carbocycles. The molecule has 0 radical (unpaired) electrons. The fraction of sp³-hybridized carbons (Fsp3) is 0.333. The summed E-state index contributed by atoms with van der Waals surface area (Å²) in [7, 11) is 0. The first kappa shape index (κ1) is 13.9. The number of ether oxygens (including phenoxy) is 1. The highest BCUT2D eigenvalue weighted by Gasteiger charge is 2.14. The largest absolute Gasteiger partial charge is 0.491 e. The highest BCUT2D eigenvalue weighted by Crippen LogP contribution is 2.37. The van der Waals surface area contributed by atoms with E-state index in [2.05, 4.69) is 47.8 Å². The Bertz CT molecular complexity index is 375. The molecular formula is C9H8Br3NO3. The molecule has 0 heterocycles. The van der Waals surface area contributed by atoms with Crippen LogP contribution in [0, 0.1) is 10.1 Å². The summed E-state index contributed by atoms with van der Waals surface area (Å²) in [5.74, 6) is 0.589. The fourth-order valence-corrected chi connectivity index (χ4v) is 2.64. The van der Waals surface area contributed by atoms with Crippen molar-refractivity contribution in [2.75, 3.05) is 11.9 Å². The van der Waals surface area contributed by atoms with Gasteiger partial charge in [-0.1, -0.05) is 15.9 Å². The van der Waals surface area contributed by atoms with Gasteiger partial charge in [-0.3, -0.25) is 10.1 Å². The van der Waals surface area contributed by atoms with Crippen LogP contribution in [0.1, 0.15) is 6.42 Å². The molecule has 0 saturated heterocycles. The molecule has 16 heavy (non-hydrogen) atoms. The lowest BCUT2D eigenvalue weighted by Crippen LogP contribution is -2.00. The van der Waals surface area contributed by atoms with Crippen LogP contribution < -0.4 is 4.74 Å². The Kier molecular flexibility index (Phi) is 5.71. The van der Waals surface area contributed by atoms with Crippen molar-refractivity contribution in [2.45, 2.75) is 6.42 Å². The molecule has 0 aromatic heterocycles. The average molecular weight is 418 g/mol. The number of rotatable bonds is 5. The van der Waals surface area contributed by atoms with Crippen molar-refractivity contribution in [1.82, 2.24) is 0 Å². The van der Waals surface area contributed by atoms with Crippen LogP contribution >= 0.6 is 47.8 Å². The first-order valence-electron chi connectivity index (χ1n) is 4.38. The molecule has 0 amide bonds. The Morgan fingerprint density at radius 1 is 1.31 bits per heavy atom. The van der Waals surface area contributed by atoms with Crippen LogP contribution in [0.3, 0.4) is 0 Å². The van der Waals surface area contributed by atoms with Crippen molar-refractivity contribution in [3.05, 3.63) is 31.2 Å². The summed E-state index contributed by atoms with van der Waals surface area (Å²) in [6.07, 6.45) is 0.871. The van der Waals surface area contributed by atoms with Gasteiger partial charge >= 0.3 is 0 Å². The second kappa shape index (κ2) is 6.56. The van der Waals surface area contributed by atoms with E-state index in [1.54, 1.807) is 0 Å². The second-order valence-corrected chi connectivity index (χ2v) is 5.39. The number of nitrogens with zero attached hydrogens (tertiary/aromatic N) is 1. The third-order valence-electron chi connectivity index (χ3n) is 1.72. The van der Waals surface area contributed by atoms with Crippen molar-refractivity contribution in [3.8, 4) is 5.75 Å². The van der Waals surface area contributed by atoms with Crippen molar-refractivity contribution < 1.29 is 9.66 Å². The second-order valence-electron chi connectivity index (χ2n) is 2.89. The highest BCUT2D eigenvalue weighted by molar-refractivity contribution is 9.11. The zero-order valence-electron chi connectivity index (χ0n) is 8.08. The highest BCUT2D eigenvalue weighted by atomic mass is 79.9. The molecule has 0 atom stereocenters. The predicted octanol–water partition coefficient (Wildman–Crippen LogP) is 4.28. The number of alkyl halides is 1. The van der Waals surface area contributed by atoms with E-state index in [9.17, 15) is 10.1 Å². The standard InChI is InChI=1S/C9H8Br3NO3/c10-2-1-3-16-9-7(11)4-6(13(14)15)5-8(9)12/h4-5H,1-3H2. The third kappa shape index (κ3) is 3.71. The summed E-state index contributed by atoms with van der Waals surface area (Å²) in [4.78, 5) is 10.1. The van der Waals surface area contributed by atoms with Gasteiger partial charge in [-0.15, -0.1) is 0 Å². The molecule has 0 aliphatic heterocycles. The molecule has 1 aromatic rings. The van der Waals surface area contributed by atoms with Crippen LogP contribution in [-0.2, 0) is 0 Å². The minimum atomic E-state index is -0.447. The fourth-order valence-electron chi connectivity index (χ4n) is 1.02. The van der Waals surface area contributed by atoms with Gasteiger partial charge in [-0.25, -0.2) is 0 Å². The minimum absolute atomic E-state index is 0.0200. The number of benzene rings is 1. The smallest absolute Gasteiger partial charge is 0.271 e. The lowest BCUT2D eigenvalue weighted by molar-refractivity contribution is -0.385. The zero-order chi connectivity index (χ0) is 12.1. The summed E-state index contributed by atoms with van der Waals surface area (Å²) in [6, 6.07) is 2.85. The van der Waals surface area contributed by atoms with E-state index >= 15 is 0 Å². The molecule has 0 aliphatic rings. The van der Waals surface area contributed by atoms with E-state index in [1.165, 1.54) is 12.1 Å². The zero-order valence-corrected chi connectivity index (χ0v) is 12.8. The molecule has 0 aliphatic carbocycles. The van der Waals surface area contributed by atoms with Crippen LogP contribution in [0.15, 0.2) is 21.1 Å². The van der Waals surface area contributed by atoms with Gasteiger partial charge in [-0.05, 0) is 38.3 Å². The minimum Gasteiger partial charge on any atom is -0.491 e. The van der Waals surface area contributed by atoms with E-state index in [4.69, 9.17) is 4.74 Å². The monoisotopic (exact) mass is 415 g/mol. The Morgan fingerprint density at radius 3 is 2.31 bits per heavy atom. The molecule has 0 unspecified atom stereocenters. The molecule has 7 heteroatoms. The van der Waals surface area contributed by atoms with Gasteiger partial charge in [-0.2, -0.15) is 0 Å². The van der Waals surface area contributed by atoms with Crippen LogP contribution in [-0.4, -0.2) is 16.9 Å². The maximum absolute atomic E-state index is 10.6. The molecule has 0 saturated carbocycles. The molecule has 0 N–H and O–H groups in total. The average Bonchev–Trinajstić information content (AvgIpc) is 2.21. The number of hydrogen-bond acceptors (Lipinski definition) is 3. The van der Waals surface area contributed by atoms with Crippen LogP contribution in [0.25, 0.3) is 0 Å². The van der Waals surface area contributed by atoms with Crippen molar-refractivity contribution in [3.63, 3.8) is 0 Å². The van der Waals surface area contributed by atoms with E-state index in [0.717, 1.165) is 11.8 Å². The van der Waals surface area contributed by atoms with E-state index < -0.39 is 4.92 Å². The molecule has 0 bridgehead atoms. The summed E-state index contributed by atoms with van der Waals surface area (Å²) >= 11 is 9.79. The lowest BCUT2D eigenvalue weighted by atomic mass is 10.3. The Labute approximate surface area is 118 Å². The maximum atomic E-state index is 10.6. The summed E-state index contributed by atoms with van der Waals surface area (Å²) in [6.45, 7) is 0.556. The normalized spacial score (nSPS) is 10.2. The maximum Gasteiger partial charge on any atom is 0.271 e. The lowest BCUT2D eigenvalue weighted by Gasteiger charge is -2.09. The van der Waals surface area contributed by atoms with Gasteiger partial charge in [0, 0.05) is 17.5 Å². The summed E-state index contributed by atoms with van der Waals surface area (Å²) in [5.41, 5.74) is 0.0200. The third-order valence-corrected chi connectivity index (χ3v) is 3.46. The number of non-ortho nitro benzene ring substituents is 1. The van der Waals surface area contributed by atoms with Gasteiger partial charge in [0.1, 0.15) is 5.75 Å². The van der Waals surface area contributed by atoms with Gasteiger partial charge in [0.15, 0.2) is 0 Å². The van der Waals surface area contributed by atoms with Crippen molar-refractivity contribution in [2.24, 2.45) is 0 Å². The first-order valence-corrected chi connectivity index (χ1v) is 7.09. The van der Waals surface area contributed by atoms with Crippen LogP contribution in [0.2, 0.25) is 0 Å². The number of halogens is 3. The number of nitro groups is 1. The summed E-state index contributed by atoms with van der Waals surface area (Å²) < 4.78 is 6.64. The molecule has 88 valence electrons. The SMILES string of the molecule is O=[N+]([O-])c1cc(Br)c(OCCCBr)c(Br)c1. The van der Waals surface area contributed by atoms with Crippen molar-refractivity contribution in [1.29, 1.82) is 0 Å². The molecular weight excluding hydrogens is 410 g/mol. The Balaban J connectivity index is 2.89. The molecule has 1 rings (SSSR count). The molecule has 0 spiro atoms. The summed E-state index contributed by atoms with van der Waals surface area (Å²) in [5, 5.41) is 11.5.